The minimum atomic E-state index is -0.0965. The summed E-state index contributed by atoms with van der Waals surface area (Å²) in [6, 6.07) is 4.60. The topological polar surface area (TPSA) is 76.6 Å². The fourth-order valence-electron chi connectivity index (χ4n) is 3.34. The van der Waals surface area contributed by atoms with Gasteiger partial charge in [-0.3, -0.25) is 0 Å². The molecule has 2 aliphatic rings. The van der Waals surface area contributed by atoms with Crippen LogP contribution in [0.15, 0.2) is 12.5 Å². The number of nitriles is 2. The second-order valence-corrected chi connectivity index (χ2v) is 6.18. The Kier molecular flexibility index (Phi) is 2.91. The van der Waals surface area contributed by atoms with E-state index in [1.165, 1.54) is 0 Å². The zero-order chi connectivity index (χ0) is 13.5. The lowest BCUT2D eigenvalue weighted by Gasteiger charge is -2.47. The molecule has 6 heteroatoms. The van der Waals surface area contributed by atoms with E-state index < -0.39 is 0 Å². The van der Waals surface area contributed by atoms with Crippen LogP contribution < -0.4 is 3.93 Å². The summed E-state index contributed by atoms with van der Waals surface area (Å²) in [6.45, 7) is 0.786. The van der Waals surface area contributed by atoms with Gasteiger partial charge in [0.25, 0.3) is 0 Å². The summed E-state index contributed by atoms with van der Waals surface area (Å²) in [4.78, 5) is 8.44. The van der Waals surface area contributed by atoms with Crippen LogP contribution in [-0.4, -0.2) is 16.5 Å². The highest BCUT2D eigenvalue weighted by atomic mass is 79.9. The van der Waals surface area contributed by atoms with E-state index in [4.69, 9.17) is 10.5 Å². The largest absolute Gasteiger partial charge is 0.305 e. The van der Waals surface area contributed by atoms with Crippen molar-refractivity contribution in [2.45, 2.75) is 25.2 Å². The zero-order valence-corrected chi connectivity index (χ0v) is 11.8. The minimum absolute atomic E-state index is 0.0861. The molecule has 19 heavy (non-hydrogen) atoms. The Morgan fingerprint density at radius 3 is 2.95 bits per heavy atom. The van der Waals surface area contributed by atoms with Crippen LogP contribution in [0.1, 0.15) is 30.9 Å². The molecule has 1 unspecified atom stereocenters. The van der Waals surface area contributed by atoms with E-state index in [1.807, 2.05) is 3.93 Å². The molecular formula is C13H12BrN5. The van der Waals surface area contributed by atoms with Crippen molar-refractivity contribution in [3.05, 3.63) is 18.2 Å². The van der Waals surface area contributed by atoms with Gasteiger partial charge < -0.3 is 3.93 Å². The molecule has 0 aromatic carbocycles. The molecule has 1 aliphatic carbocycles. The molecule has 1 aliphatic heterocycles. The average molecular weight is 318 g/mol. The molecule has 2 heterocycles. The van der Waals surface area contributed by atoms with Crippen LogP contribution in [0, 0.1) is 34.0 Å². The molecule has 1 atom stereocenters. The summed E-state index contributed by atoms with van der Waals surface area (Å²) >= 11 is 3.51. The highest BCUT2D eigenvalue weighted by Crippen LogP contribution is 2.59. The van der Waals surface area contributed by atoms with Gasteiger partial charge in [-0.05, 0) is 18.3 Å². The van der Waals surface area contributed by atoms with Crippen LogP contribution in [0.5, 0.6) is 0 Å². The summed E-state index contributed by atoms with van der Waals surface area (Å²) in [7, 11) is 0. The predicted octanol–water partition coefficient (Wildman–Crippen LogP) is 2.52. The molecular weight excluding hydrogens is 306 g/mol. The molecule has 3 rings (SSSR count). The van der Waals surface area contributed by atoms with E-state index in [0.717, 1.165) is 30.8 Å². The number of hydrogen-bond donors (Lipinski definition) is 0. The lowest BCUT2D eigenvalue weighted by atomic mass is 9.54. The number of aromatic nitrogens is 2. The third-order valence-electron chi connectivity index (χ3n) is 4.32. The number of fused-ring (bicyclic) bond motifs is 1. The van der Waals surface area contributed by atoms with Crippen LogP contribution in [0.3, 0.4) is 0 Å². The van der Waals surface area contributed by atoms with Crippen molar-refractivity contribution in [2.75, 3.05) is 10.5 Å². The summed E-state index contributed by atoms with van der Waals surface area (Å²) in [6.07, 6.45) is 5.42. The molecule has 0 spiro atoms. The van der Waals surface area contributed by atoms with Crippen molar-refractivity contribution in [3.63, 3.8) is 0 Å². The number of nitrogens with zero attached hydrogens (tertiary/aromatic N) is 5. The maximum atomic E-state index is 9.11. The zero-order valence-electron chi connectivity index (χ0n) is 10.3. The van der Waals surface area contributed by atoms with Crippen molar-refractivity contribution in [1.82, 2.24) is 9.97 Å². The molecule has 0 radical (unpaired) electrons. The maximum absolute atomic E-state index is 9.11. The Morgan fingerprint density at radius 1 is 1.47 bits per heavy atom. The average Bonchev–Trinajstić information content (AvgIpc) is 2.72. The van der Waals surface area contributed by atoms with Crippen molar-refractivity contribution < 1.29 is 0 Å². The normalized spacial score (nSPS) is 32.1. The van der Waals surface area contributed by atoms with Gasteiger partial charge in [0.15, 0.2) is 0 Å². The summed E-state index contributed by atoms with van der Waals surface area (Å²) in [5.74, 6) is 0.289. The van der Waals surface area contributed by atoms with Gasteiger partial charge in [0.2, 0.25) is 0 Å². The lowest BCUT2D eigenvalue weighted by Crippen LogP contribution is -2.42. The van der Waals surface area contributed by atoms with Crippen LogP contribution in [-0.2, 0) is 0 Å². The molecule has 1 saturated carbocycles. The molecule has 1 aromatic heterocycles. The van der Waals surface area contributed by atoms with E-state index in [0.29, 0.717) is 6.42 Å². The van der Waals surface area contributed by atoms with Gasteiger partial charge in [0.1, 0.15) is 6.33 Å². The fraction of sp³-hybridized carbons (Fsp3) is 0.538. The Bertz CT molecular complexity index is 581. The van der Waals surface area contributed by atoms with Gasteiger partial charge in [0.05, 0.1) is 29.7 Å². The van der Waals surface area contributed by atoms with Crippen LogP contribution in [0.4, 0.5) is 5.69 Å². The lowest BCUT2D eigenvalue weighted by molar-refractivity contribution is 0.0622. The van der Waals surface area contributed by atoms with Crippen LogP contribution in [0.25, 0.3) is 0 Å². The second kappa shape index (κ2) is 4.47. The van der Waals surface area contributed by atoms with E-state index in [-0.39, 0.29) is 17.3 Å². The highest BCUT2D eigenvalue weighted by Gasteiger charge is 2.53. The molecule has 0 amide bonds. The Hall–Kier alpha value is -1.66. The number of anilines is 1. The van der Waals surface area contributed by atoms with Crippen LogP contribution in [0.2, 0.25) is 0 Å². The molecule has 96 valence electrons. The van der Waals surface area contributed by atoms with Crippen LogP contribution >= 0.6 is 16.1 Å². The first-order valence-electron chi connectivity index (χ1n) is 6.20. The first-order valence-corrected chi connectivity index (χ1v) is 6.91. The number of halogens is 1. The van der Waals surface area contributed by atoms with E-state index in [9.17, 15) is 0 Å². The van der Waals surface area contributed by atoms with Gasteiger partial charge in [-0.15, -0.1) is 0 Å². The van der Waals surface area contributed by atoms with E-state index in [2.05, 4.69) is 38.3 Å². The Morgan fingerprint density at radius 2 is 2.26 bits per heavy atom. The Balaban J connectivity index is 1.95. The Labute approximate surface area is 120 Å². The molecule has 1 aromatic rings. The highest BCUT2D eigenvalue weighted by molar-refractivity contribution is 9.10. The first kappa shape index (κ1) is 12.4. The molecule has 0 N–H and O–H groups in total. The monoisotopic (exact) mass is 317 g/mol. The SMILES string of the molecule is N#CCC1(C2CN(Br)c3cncnc32)CC(C#N)C1. The van der Waals surface area contributed by atoms with Gasteiger partial charge in [0, 0.05) is 40.9 Å². The van der Waals surface area contributed by atoms with Gasteiger partial charge >= 0.3 is 0 Å². The van der Waals surface area contributed by atoms with Crippen molar-refractivity contribution >= 4 is 21.8 Å². The summed E-state index contributed by atoms with van der Waals surface area (Å²) in [5.41, 5.74) is 1.88. The molecule has 0 bridgehead atoms. The quantitative estimate of drug-likeness (QED) is 0.783. The number of rotatable bonds is 2. The van der Waals surface area contributed by atoms with Gasteiger partial charge in [-0.25, -0.2) is 9.97 Å². The standard InChI is InChI=1S/C13H12BrN5/c14-19-7-10(12-11(19)6-17-8-18-12)13(1-2-15)3-9(4-13)5-16/h6,8-10H,1,3-4,7H2. The van der Waals surface area contributed by atoms with E-state index in [1.54, 1.807) is 12.5 Å². The van der Waals surface area contributed by atoms with E-state index >= 15 is 0 Å². The summed E-state index contributed by atoms with van der Waals surface area (Å²) < 4.78 is 1.96. The van der Waals surface area contributed by atoms with Crippen molar-refractivity contribution in [2.24, 2.45) is 11.3 Å². The maximum Gasteiger partial charge on any atom is 0.115 e. The van der Waals surface area contributed by atoms with Crippen molar-refractivity contribution in [3.8, 4) is 12.1 Å². The predicted molar refractivity (Wildman–Crippen MR) is 72.0 cm³/mol. The summed E-state index contributed by atoms with van der Waals surface area (Å²) in [5, 5.41) is 18.1. The smallest absolute Gasteiger partial charge is 0.115 e. The third-order valence-corrected chi connectivity index (χ3v) is 4.99. The fourth-order valence-corrected chi connectivity index (χ4v) is 3.90. The molecule has 1 fully saturated rings. The molecule has 0 saturated heterocycles. The number of hydrogen-bond acceptors (Lipinski definition) is 5. The molecule has 5 nitrogen and oxygen atoms in total. The van der Waals surface area contributed by atoms with Gasteiger partial charge in [-0.2, -0.15) is 10.5 Å². The third kappa shape index (κ3) is 1.79. The minimum Gasteiger partial charge on any atom is -0.305 e. The second-order valence-electron chi connectivity index (χ2n) is 5.32. The van der Waals surface area contributed by atoms with Crippen molar-refractivity contribution in [1.29, 1.82) is 10.5 Å². The van der Waals surface area contributed by atoms with Gasteiger partial charge in [-0.1, -0.05) is 0 Å². The first-order chi connectivity index (χ1) is 9.20.